The molecule has 0 heterocycles. The summed E-state index contributed by atoms with van der Waals surface area (Å²) in [5.74, 6) is -0.373. The van der Waals surface area contributed by atoms with Crippen molar-refractivity contribution in [1.29, 1.82) is 0 Å². The molecule has 3 nitrogen and oxygen atoms in total. The van der Waals surface area contributed by atoms with Gasteiger partial charge in [-0.15, -0.1) is 0 Å². The summed E-state index contributed by atoms with van der Waals surface area (Å²) in [6.45, 7) is 1.84. The number of hydrogen-bond acceptors (Lipinski definition) is 3. The Bertz CT molecular complexity index is 860. The van der Waals surface area contributed by atoms with E-state index in [1.807, 2.05) is 49.4 Å². The first kappa shape index (κ1) is 14.1. The smallest absolute Gasteiger partial charge is 0.338 e. The molecular weight excluding hydrogens is 276 g/mol. The summed E-state index contributed by atoms with van der Waals surface area (Å²) in [5, 5.41) is 12.3. The second-order valence-corrected chi connectivity index (χ2v) is 5.19. The molecule has 110 valence electrons. The Hall–Kier alpha value is -2.81. The molecule has 0 aliphatic carbocycles. The Morgan fingerprint density at radius 3 is 2.50 bits per heavy atom. The van der Waals surface area contributed by atoms with Crippen molar-refractivity contribution in [2.75, 3.05) is 7.11 Å². The Morgan fingerprint density at radius 2 is 1.73 bits per heavy atom. The van der Waals surface area contributed by atoms with Crippen LogP contribution in [0.4, 0.5) is 0 Å². The lowest BCUT2D eigenvalue weighted by Gasteiger charge is -2.13. The number of ether oxygens (including phenoxy) is 1. The van der Waals surface area contributed by atoms with E-state index in [9.17, 15) is 9.90 Å². The van der Waals surface area contributed by atoms with Crippen LogP contribution in [-0.4, -0.2) is 18.2 Å². The SMILES string of the molecule is COC(=O)c1cc(O)c(C)c(-c2cccc3ccccc23)c1. The van der Waals surface area contributed by atoms with Crippen molar-refractivity contribution in [1.82, 2.24) is 0 Å². The standard InChI is InChI=1S/C19H16O3/c1-12-17(10-14(11-18(12)20)19(21)22-2)16-9-5-7-13-6-3-4-8-15(13)16/h3-11,20H,1-2H3. The van der Waals surface area contributed by atoms with Gasteiger partial charge in [0.1, 0.15) is 5.75 Å². The third-order valence-corrected chi connectivity index (χ3v) is 3.88. The van der Waals surface area contributed by atoms with E-state index in [1.165, 1.54) is 13.2 Å². The van der Waals surface area contributed by atoms with Crippen LogP contribution in [0.15, 0.2) is 54.6 Å². The first-order chi connectivity index (χ1) is 10.6. The normalized spacial score (nSPS) is 10.6. The van der Waals surface area contributed by atoms with Crippen molar-refractivity contribution < 1.29 is 14.6 Å². The highest BCUT2D eigenvalue weighted by atomic mass is 16.5. The minimum absolute atomic E-state index is 0.0887. The van der Waals surface area contributed by atoms with Gasteiger partial charge in [0, 0.05) is 0 Å². The van der Waals surface area contributed by atoms with Gasteiger partial charge >= 0.3 is 5.97 Å². The summed E-state index contributed by atoms with van der Waals surface area (Å²) in [5.41, 5.74) is 2.89. The minimum atomic E-state index is -0.461. The summed E-state index contributed by atoms with van der Waals surface area (Å²) in [6.07, 6.45) is 0. The maximum Gasteiger partial charge on any atom is 0.338 e. The van der Waals surface area contributed by atoms with Crippen LogP contribution < -0.4 is 0 Å². The fourth-order valence-electron chi connectivity index (χ4n) is 2.67. The second kappa shape index (κ2) is 5.53. The van der Waals surface area contributed by atoms with Crippen LogP contribution in [0.5, 0.6) is 5.75 Å². The Balaban J connectivity index is 2.30. The lowest BCUT2D eigenvalue weighted by atomic mass is 9.93. The topological polar surface area (TPSA) is 46.5 Å². The number of hydrogen-bond donors (Lipinski definition) is 1. The van der Waals surface area contributed by atoms with Gasteiger partial charge in [-0.05, 0) is 46.5 Å². The molecule has 0 aromatic heterocycles. The molecule has 0 atom stereocenters. The third-order valence-electron chi connectivity index (χ3n) is 3.88. The van der Waals surface area contributed by atoms with E-state index >= 15 is 0 Å². The molecule has 0 fully saturated rings. The fraction of sp³-hybridized carbons (Fsp3) is 0.105. The van der Waals surface area contributed by atoms with Crippen LogP contribution in [0.2, 0.25) is 0 Å². The van der Waals surface area contributed by atoms with Crippen LogP contribution in [0.25, 0.3) is 21.9 Å². The van der Waals surface area contributed by atoms with Gasteiger partial charge < -0.3 is 9.84 Å². The zero-order valence-corrected chi connectivity index (χ0v) is 12.5. The quantitative estimate of drug-likeness (QED) is 0.716. The van der Waals surface area contributed by atoms with Crippen LogP contribution >= 0.6 is 0 Å². The number of benzene rings is 3. The highest BCUT2D eigenvalue weighted by Crippen LogP contribution is 2.35. The number of phenolic OH excluding ortho intramolecular Hbond substituents is 1. The summed E-state index contributed by atoms with van der Waals surface area (Å²) >= 11 is 0. The molecule has 0 spiro atoms. The molecule has 3 aromatic rings. The summed E-state index contributed by atoms with van der Waals surface area (Å²) in [7, 11) is 1.33. The van der Waals surface area contributed by atoms with E-state index in [4.69, 9.17) is 4.74 Å². The van der Waals surface area contributed by atoms with Gasteiger partial charge in [0.15, 0.2) is 0 Å². The molecule has 3 rings (SSSR count). The third kappa shape index (κ3) is 2.31. The summed E-state index contributed by atoms with van der Waals surface area (Å²) in [4.78, 5) is 11.8. The summed E-state index contributed by atoms with van der Waals surface area (Å²) < 4.78 is 4.76. The van der Waals surface area contributed by atoms with Crippen molar-refractivity contribution in [3.8, 4) is 16.9 Å². The number of aromatic hydroxyl groups is 1. The number of carbonyl (C=O) groups is 1. The zero-order chi connectivity index (χ0) is 15.7. The van der Waals surface area contributed by atoms with E-state index in [-0.39, 0.29) is 5.75 Å². The fourth-order valence-corrected chi connectivity index (χ4v) is 2.67. The molecule has 3 heteroatoms. The maximum absolute atomic E-state index is 11.8. The molecule has 0 aliphatic heterocycles. The van der Waals surface area contributed by atoms with Gasteiger partial charge in [-0.3, -0.25) is 0 Å². The Kier molecular flexibility index (Phi) is 3.55. The molecule has 1 N–H and O–H groups in total. The first-order valence-electron chi connectivity index (χ1n) is 7.02. The highest BCUT2D eigenvalue weighted by molar-refractivity contribution is 5.99. The average molecular weight is 292 g/mol. The number of rotatable bonds is 2. The van der Waals surface area contributed by atoms with Crippen LogP contribution in [0.1, 0.15) is 15.9 Å². The largest absolute Gasteiger partial charge is 0.508 e. The van der Waals surface area contributed by atoms with E-state index in [1.54, 1.807) is 6.07 Å². The van der Waals surface area contributed by atoms with E-state index in [2.05, 4.69) is 0 Å². The molecule has 22 heavy (non-hydrogen) atoms. The molecule has 3 aromatic carbocycles. The Labute approximate surface area is 128 Å². The van der Waals surface area contributed by atoms with Crippen LogP contribution in [0.3, 0.4) is 0 Å². The van der Waals surface area contributed by atoms with Crippen molar-refractivity contribution >= 4 is 16.7 Å². The number of carbonyl (C=O) groups excluding carboxylic acids is 1. The first-order valence-corrected chi connectivity index (χ1v) is 7.02. The van der Waals surface area contributed by atoms with Crippen molar-refractivity contribution in [3.63, 3.8) is 0 Å². The number of phenols is 1. The molecule has 0 unspecified atom stereocenters. The van der Waals surface area contributed by atoms with Crippen molar-refractivity contribution in [2.24, 2.45) is 0 Å². The van der Waals surface area contributed by atoms with Gasteiger partial charge in [0.2, 0.25) is 0 Å². The van der Waals surface area contributed by atoms with E-state index in [0.29, 0.717) is 5.56 Å². The molecule has 0 amide bonds. The van der Waals surface area contributed by atoms with Crippen molar-refractivity contribution in [3.05, 3.63) is 65.7 Å². The molecule has 0 bridgehead atoms. The zero-order valence-electron chi connectivity index (χ0n) is 12.5. The predicted molar refractivity (Wildman–Crippen MR) is 87.1 cm³/mol. The highest BCUT2D eigenvalue weighted by Gasteiger charge is 2.15. The predicted octanol–water partition coefficient (Wildman–Crippen LogP) is 4.31. The van der Waals surface area contributed by atoms with E-state index < -0.39 is 5.97 Å². The van der Waals surface area contributed by atoms with Gasteiger partial charge in [-0.2, -0.15) is 0 Å². The lowest BCUT2D eigenvalue weighted by Crippen LogP contribution is -2.02. The Morgan fingerprint density at radius 1 is 1.00 bits per heavy atom. The van der Waals surface area contributed by atoms with Gasteiger partial charge in [-0.1, -0.05) is 42.5 Å². The minimum Gasteiger partial charge on any atom is -0.508 e. The molecule has 0 radical (unpaired) electrons. The van der Waals surface area contributed by atoms with Crippen LogP contribution in [0, 0.1) is 6.92 Å². The van der Waals surface area contributed by atoms with E-state index in [0.717, 1.165) is 27.5 Å². The van der Waals surface area contributed by atoms with Gasteiger partial charge in [-0.25, -0.2) is 4.79 Å². The van der Waals surface area contributed by atoms with Gasteiger partial charge in [0.05, 0.1) is 12.7 Å². The average Bonchev–Trinajstić information content (AvgIpc) is 2.56. The molecule has 0 aliphatic rings. The van der Waals surface area contributed by atoms with Gasteiger partial charge in [0.25, 0.3) is 0 Å². The summed E-state index contributed by atoms with van der Waals surface area (Å²) in [6, 6.07) is 17.2. The number of methoxy groups -OCH3 is 1. The molecular formula is C19H16O3. The monoisotopic (exact) mass is 292 g/mol. The number of fused-ring (bicyclic) bond motifs is 1. The maximum atomic E-state index is 11.8. The van der Waals surface area contributed by atoms with Crippen molar-refractivity contribution in [2.45, 2.75) is 6.92 Å². The second-order valence-electron chi connectivity index (χ2n) is 5.19. The number of esters is 1. The lowest BCUT2D eigenvalue weighted by molar-refractivity contribution is 0.0600. The molecule has 0 saturated carbocycles. The van der Waals surface area contributed by atoms with Crippen LogP contribution in [-0.2, 0) is 4.74 Å². The molecule has 0 saturated heterocycles.